The van der Waals surface area contributed by atoms with E-state index in [9.17, 15) is 4.79 Å². The summed E-state index contributed by atoms with van der Waals surface area (Å²) in [5, 5.41) is 8.03. The first-order valence-corrected chi connectivity index (χ1v) is 3.24. The van der Waals surface area contributed by atoms with Crippen LogP contribution in [0.3, 0.4) is 0 Å². The van der Waals surface area contributed by atoms with Crippen LogP contribution in [0.2, 0.25) is 0 Å². The van der Waals surface area contributed by atoms with E-state index in [-0.39, 0.29) is 0 Å². The third kappa shape index (κ3) is 2.27. The molecule has 0 spiro atoms. The van der Waals surface area contributed by atoms with E-state index in [1.807, 2.05) is 0 Å². The van der Waals surface area contributed by atoms with Crippen molar-refractivity contribution in [1.29, 1.82) is 0 Å². The second-order valence-electron chi connectivity index (χ2n) is 1.80. The minimum atomic E-state index is -0.949. The Bertz CT molecular complexity index is 154. The number of carboxylic acids is 1. The maximum Gasteiger partial charge on any atom is 0.311 e. The van der Waals surface area contributed by atoms with Gasteiger partial charge in [0.15, 0.2) is 0 Å². The van der Waals surface area contributed by atoms with Crippen LogP contribution in [0.4, 0.5) is 0 Å². The smallest absolute Gasteiger partial charge is 0.311 e. The van der Waals surface area contributed by atoms with Gasteiger partial charge >= 0.3 is 5.97 Å². The minimum absolute atomic E-state index is 0.463. The number of rotatable bonds is 4. The molecule has 0 aromatic heterocycles. The molecule has 0 rings (SSSR count). The number of hydrogen-bond acceptors (Lipinski definition) is 1. The molecule has 55 valence electrons. The van der Waals surface area contributed by atoms with Crippen LogP contribution in [0, 0.1) is 5.92 Å². The molecule has 0 fully saturated rings. The maximum atomic E-state index is 10.3. The molecule has 1 radical (unpaired) electrons. The Balaban J connectivity index is 4.19. The van der Waals surface area contributed by atoms with Gasteiger partial charge in [0.05, 0.1) is 5.92 Å². The molecule has 0 heterocycles. The van der Waals surface area contributed by atoms with Gasteiger partial charge in [-0.25, -0.2) is 0 Å². The van der Waals surface area contributed by atoms with Crippen LogP contribution in [0.5, 0.6) is 0 Å². The minimum Gasteiger partial charge on any atom is -0.481 e. The average Bonchev–Trinajstić information content (AvgIpc) is 1.88. The molecule has 2 nitrogen and oxygen atoms in total. The zero-order valence-electron chi connectivity index (χ0n) is 5.49. The van der Waals surface area contributed by atoms with Crippen LogP contribution in [-0.2, 0) is 4.79 Å². The molecule has 0 aliphatic heterocycles. The first-order chi connectivity index (χ1) is 4.63. The summed E-state index contributed by atoms with van der Waals surface area (Å²) < 4.78 is 0. The third-order valence-corrected chi connectivity index (χ3v) is 1.61. The lowest BCUT2D eigenvalue weighted by Crippen LogP contribution is -2.19. The summed E-state index contributed by atoms with van der Waals surface area (Å²) >= 11 is 4.77. The summed E-state index contributed by atoms with van der Waals surface area (Å²) in [6, 6.07) is 0. The highest BCUT2D eigenvalue weighted by atomic mass is 32.1. The van der Waals surface area contributed by atoms with E-state index < -0.39 is 17.1 Å². The Morgan fingerprint density at radius 1 is 1.50 bits per heavy atom. The Labute approximate surface area is 65.7 Å². The van der Waals surface area contributed by atoms with Gasteiger partial charge in [-0.3, -0.25) is 4.79 Å². The van der Waals surface area contributed by atoms with Crippen molar-refractivity contribution in [2.75, 3.05) is 0 Å². The molecule has 2 unspecified atom stereocenters. The molecular formula is C7H9O2S. The van der Waals surface area contributed by atoms with Gasteiger partial charge in [0.2, 0.25) is 0 Å². The molecule has 1 N–H and O–H groups in total. The lowest BCUT2D eigenvalue weighted by atomic mass is 10.1. The van der Waals surface area contributed by atoms with Gasteiger partial charge in [-0.2, -0.15) is 0 Å². The molecule has 0 amide bonds. The molecule has 0 bridgehead atoms. The normalized spacial score (nSPS) is 15.3. The van der Waals surface area contributed by atoms with E-state index in [1.54, 1.807) is 0 Å². The fourth-order valence-corrected chi connectivity index (χ4v) is 0.750. The van der Waals surface area contributed by atoms with Crippen molar-refractivity contribution in [2.45, 2.75) is 5.25 Å². The van der Waals surface area contributed by atoms with Crippen molar-refractivity contribution in [1.82, 2.24) is 0 Å². The molecule has 0 aliphatic carbocycles. The summed E-state index contributed by atoms with van der Waals surface area (Å²) in [7, 11) is 0. The van der Waals surface area contributed by atoms with E-state index in [1.165, 1.54) is 12.2 Å². The fraction of sp³-hybridized carbons (Fsp3) is 0.286. The summed E-state index contributed by atoms with van der Waals surface area (Å²) in [6.07, 6.45) is 2.75. The van der Waals surface area contributed by atoms with Crippen molar-refractivity contribution in [3.05, 3.63) is 25.3 Å². The summed E-state index contributed by atoms with van der Waals surface area (Å²) in [6.45, 7) is 6.75. The molecule has 0 saturated heterocycles. The second kappa shape index (κ2) is 4.17. The van der Waals surface area contributed by atoms with E-state index in [0.717, 1.165) is 0 Å². The number of carboxylic acid groups (broad SMARTS) is 1. The van der Waals surface area contributed by atoms with Crippen molar-refractivity contribution in [3.8, 4) is 0 Å². The number of aliphatic carboxylic acids is 1. The van der Waals surface area contributed by atoms with Gasteiger partial charge in [-0.15, -0.1) is 13.2 Å². The van der Waals surface area contributed by atoms with E-state index in [0.29, 0.717) is 0 Å². The van der Waals surface area contributed by atoms with Crippen molar-refractivity contribution in [2.24, 2.45) is 5.92 Å². The Kier molecular flexibility index (Phi) is 3.88. The van der Waals surface area contributed by atoms with E-state index in [4.69, 9.17) is 17.7 Å². The van der Waals surface area contributed by atoms with Crippen molar-refractivity contribution in [3.63, 3.8) is 0 Å². The predicted octanol–water partition coefficient (Wildman–Crippen LogP) is 1.63. The summed E-state index contributed by atoms with van der Waals surface area (Å²) in [5.74, 6) is -1.64. The molecular weight excluding hydrogens is 148 g/mol. The van der Waals surface area contributed by atoms with Gasteiger partial charge in [0, 0.05) is 5.25 Å². The number of hydrogen-bond donors (Lipinski definition) is 1. The van der Waals surface area contributed by atoms with Crippen LogP contribution in [-0.4, -0.2) is 16.3 Å². The topological polar surface area (TPSA) is 37.3 Å². The van der Waals surface area contributed by atoms with Crippen LogP contribution in [0.1, 0.15) is 0 Å². The van der Waals surface area contributed by atoms with Gasteiger partial charge in [0.25, 0.3) is 0 Å². The zero-order chi connectivity index (χ0) is 8.15. The highest BCUT2D eigenvalue weighted by molar-refractivity contribution is 7.81. The van der Waals surface area contributed by atoms with Crippen LogP contribution < -0.4 is 0 Å². The van der Waals surface area contributed by atoms with E-state index >= 15 is 0 Å². The Morgan fingerprint density at radius 2 is 2.00 bits per heavy atom. The van der Waals surface area contributed by atoms with Crippen LogP contribution in [0.15, 0.2) is 25.3 Å². The van der Waals surface area contributed by atoms with Gasteiger partial charge < -0.3 is 5.11 Å². The van der Waals surface area contributed by atoms with Crippen molar-refractivity contribution < 1.29 is 9.90 Å². The van der Waals surface area contributed by atoms with E-state index in [2.05, 4.69) is 13.2 Å². The first-order valence-electron chi connectivity index (χ1n) is 2.77. The lowest BCUT2D eigenvalue weighted by Gasteiger charge is -2.08. The van der Waals surface area contributed by atoms with Crippen molar-refractivity contribution >= 4 is 18.6 Å². The highest BCUT2D eigenvalue weighted by Crippen LogP contribution is 2.12. The summed E-state index contributed by atoms with van der Waals surface area (Å²) in [4.78, 5) is 10.3. The first kappa shape index (κ1) is 9.30. The molecule has 2 atom stereocenters. The van der Waals surface area contributed by atoms with Crippen LogP contribution in [0.25, 0.3) is 0 Å². The maximum absolute atomic E-state index is 10.3. The monoisotopic (exact) mass is 157 g/mol. The highest BCUT2D eigenvalue weighted by Gasteiger charge is 2.19. The molecule has 0 aromatic rings. The second-order valence-corrected chi connectivity index (χ2v) is 2.34. The average molecular weight is 157 g/mol. The number of carbonyl (C=O) groups is 1. The standard InChI is InChI=1S/C7H9O2S/c1-3-5(7(8)9)6(10)4-2/h3-6H,1-2H2,(H,8,9). The SMILES string of the molecule is C=CC([S])C(C=C)C(=O)O. The molecule has 10 heavy (non-hydrogen) atoms. The fourth-order valence-electron chi connectivity index (χ4n) is 0.522. The largest absolute Gasteiger partial charge is 0.481 e. The third-order valence-electron chi connectivity index (χ3n) is 1.13. The lowest BCUT2D eigenvalue weighted by molar-refractivity contribution is -0.139. The molecule has 3 heteroatoms. The zero-order valence-corrected chi connectivity index (χ0v) is 6.30. The van der Waals surface area contributed by atoms with Gasteiger partial charge in [-0.1, -0.05) is 24.8 Å². The summed E-state index contributed by atoms with van der Waals surface area (Å²) in [5.41, 5.74) is 0. The Morgan fingerprint density at radius 3 is 2.10 bits per heavy atom. The molecule has 0 saturated carbocycles. The van der Waals surface area contributed by atoms with Crippen LogP contribution >= 0.6 is 12.6 Å². The quantitative estimate of drug-likeness (QED) is 0.630. The Hall–Kier alpha value is -0.700. The van der Waals surface area contributed by atoms with Gasteiger partial charge in [0.1, 0.15) is 0 Å². The molecule has 0 aromatic carbocycles. The molecule has 0 aliphatic rings. The predicted molar refractivity (Wildman–Crippen MR) is 42.9 cm³/mol. The van der Waals surface area contributed by atoms with Gasteiger partial charge in [-0.05, 0) is 0 Å².